The van der Waals surface area contributed by atoms with Crippen LogP contribution in [0.4, 0.5) is 16.2 Å². The molecular formula is C15H12Cl2N2O2. The number of urea groups is 1. The van der Waals surface area contributed by atoms with E-state index in [1.807, 2.05) is 30.3 Å². The fourth-order valence-electron chi connectivity index (χ4n) is 2.12. The summed E-state index contributed by atoms with van der Waals surface area (Å²) in [5.41, 5.74) is 1.38. The first-order valence-electron chi connectivity index (χ1n) is 6.41. The summed E-state index contributed by atoms with van der Waals surface area (Å²) in [6, 6.07) is 14.1. The largest absolute Gasteiger partial charge is 0.353 e. The monoisotopic (exact) mass is 322 g/mol. The van der Waals surface area contributed by atoms with Gasteiger partial charge in [-0.2, -0.15) is 5.06 Å². The predicted octanol–water partition coefficient (Wildman–Crippen LogP) is 4.37. The van der Waals surface area contributed by atoms with Gasteiger partial charge in [-0.05, 0) is 30.3 Å². The van der Waals surface area contributed by atoms with Gasteiger partial charge < -0.3 is 0 Å². The van der Waals surface area contributed by atoms with Crippen molar-refractivity contribution in [2.24, 2.45) is 0 Å². The molecule has 0 bridgehead atoms. The molecule has 3 rings (SSSR count). The Morgan fingerprint density at radius 2 is 1.71 bits per heavy atom. The van der Waals surface area contributed by atoms with Crippen molar-refractivity contribution in [2.75, 3.05) is 23.1 Å². The van der Waals surface area contributed by atoms with Crippen LogP contribution in [-0.2, 0) is 4.84 Å². The van der Waals surface area contributed by atoms with E-state index in [-0.39, 0.29) is 6.03 Å². The molecule has 21 heavy (non-hydrogen) atoms. The summed E-state index contributed by atoms with van der Waals surface area (Å²) in [7, 11) is 0. The zero-order valence-corrected chi connectivity index (χ0v) is 12.5. The van der Waals surface area contributed by atoms with Crippen LogP contribution in [0.15, 0.2) is 48.5 Å². The predicted molar refractivity (Wildman–Crippen MR) is 84.1 cm³/mol. The number of hydrogen-bond acceptors (Lipinski definition) is 2. The Kier molecular flexibility index (Phi) is 4.01. The molecule has 4 nitrogen and oxygen atoms in total. The van der Waals surface area contributed by atoms with Crippen LogP contribution in [0.5, 0.6) is 0 Å². The van der Waals surface area contributed by atoms with E-state index < -0.39 is 0 Å². The van der Waals surface area contributed by atoms with Crippen molar-refractivity contribution in [1.82, 2.24) is 0 Å². The Balaban J connectivity index is 1.90. The molecule has 0 saturated carbocycles. The molecule has 0 N–H and O–H groups in total. The molecule has 0 radical (unpaired) electrons. The molecule has 1 aliphatic rings. The van der Waals surface area contributed by atoms with E-state index in [0.29, 0.717) is 34.6 Å². The number of carbonyl (C=O) groups is 1. The fraction of sp³-hybridized carbons (Fsp3) is 0.133. The molecule has 0 spiro atoms. The second-order valence-electron chi connectivity index (χ2n) is 4.50. The van der Waals surface area contributed by atoms with Gasteiger partial charge in [0.25, 0.3) is 0 Å². The van der Waals surface area contributed by atoms with Crippen LogP contribution >= 0.6 is 23.2 Å². The van der Waals surface area contributed by atoms with Crippen LogP contribution in [0.3, 0.4) is 0 Å². The zero-order chi connectivity index (χ0) is 14.8. The fourth-order valence-corrected chi connectivity index (χ4v) is 2.42. The van der Waals surface area contributed by atoms with Gasteiger partial charge in [0.05, 0.1) is 28.9 Å². The number of hydroxylamine groups is 1. The first-order chi connectivity index (χ1) is 10.2. The van der Waals surface area contributed by atoms with E-state index in [9.17, 15) is 4.79 Å². The van der Waals surface area contributed by atoms with Gasteiger partial charge >= 0.3 is 6.03 Å². The van der Waals surface area contributed by atoms with Gasteiger partial charge in [-0.15, -0.1) is 0 Å². The smallest absolute Gasteiger partial charge is 0.290 e. The van der Waals surface area contributed by atoms with Crippen molar-refractivity contribution in [2.45, 2.75) is 0 Å². The van der Waals surface area contributed by atoms with Crippen molar-refractivity contribution in [3.8, 4) is 0 Å². The van der Waals surface area contributed by atoms with Crippen LogP contribution in [0, 0.1) is 0 Å². The maximum Gasteiger partial charge on any atom is 0.353 e. The molecule has 0 aromatic heterocycles. The van der Waals surface area contributed by atoms with E-state index in [4.69, 9.17) is 28.0 Å². The minimum atomic E-state index is -0.258. The summed E-state index contributed by atoms with van der Waals surface area (Å²) in [6.07, 6.45) is 0. The first-order valence-corrected chi connectivity index (χ1v) is 7.17. The van der Waals surface area contributed by atoms with E-state index in [1.165, 1.54) is 5.06 Å². The molecule has 0 atom stereocenters. The number of nitrogens with zero attached hydrogens (tertiary/aromatic N) is 2. The molecule has 0 unspecified atom stereocenters. The summed E-state index contributed by atoms with van der Waals surface area (Å²) >= 11 is 11.9. The minimum Gasteiger partial charge on any atom is -0.290 e. The lowest BCUT2D eigenvalue weighted by Crippen LogP contribution is -2.50. The van der Waals surface area contributed by atoms with Gasteiger partial charge in [-0.25, -0.2) is 4.79 Å². The summed E-state index contributed by atoms with van der Waals surface area (Å²) in [6.45, 7) is 0.862. The number of anilines is 2. The normalized spacial score (nSPS) is 15.4. The van der Waals surface area contributed by atoms with E-state index in [1.54, 1.807) is 23.1 Å². The highest BCUT2D eigenvalue weighted by Crippen LogP contribution is 2.29. The van der Waals surface area contributed by atoms with Crippen molar-refractivity contribution in [3.63, 3.8) is 0 Å². The van der Waals surface area contributed by atoms with Crippen LogP contribution < -0.4 is 9.96 Å². The maximum atomic E-state index is 12.6. The highest BCUT2D eigenvalue weighted by Gasteiger charge is 2.29. The second kappa shape index (κ2) is 5.93. The number of halogens is 2. The Hall–Kier alpha value is -1.75. The minimum absolute atomic E-state index is 0.258. The van der Waals surface area contributed by atoms with Gasteiger partial charge in [0, 0.05) is 5.69 Å². The standard InChI is InChI=1S/C15H12Cl2N2O2/c16-13-7-6-12(10-14(13)17)18-8-9-21-19(15(18)20)11-4-2-1-3-5-11/h1-7,10H,8-9H2. The lowest BCUT2D eigenvalue weighted by Gasteiger charge is -2.34. The highest BCUT2D eigenvalue weighted by atomic mass is 35.5. The third-order valence-electron chi connectivity index (χ3n) is 3.15. The van der Waals surface area contributed by atoms with Gasteiger partial charge in [-0.1, -0.05) is 41.4 Å². The van der Waals surface area contributed by atoms with Crippen molar-refractivity contribution < 1.29 is 9.63 Å². The summed E-state index contributed by atoms with van der Waals surface area (Å²) < 4.78 is 0. The number of hydrogen-bond donors (Lipinski definition) is 0. The molecule has 2 amide bonds. The molecule has 1 heterocycles. The number of amides is 2. The van der Waals surface area contributed by atoms with Gasteiger partial charge in [0.15, 0.2) is 0 Å². The van der Waals surface area contributed by atoms with E-state index >= 15 is 0 Å². The van der Waals surface area contributed by atoms with E-state index in [0.717, 1.165) is 0 Å². The second-order valence-corrected chi connectivity index (χ2v) is 5.31. The Morgan fingerprint density at radius 3 is 2.43 bits per heavy atom. The third kappa shape index (κ3) is 2.83. The molecule has 108 valence electrons. The average Bonchev–Trinajstić information content (AvgIpc) is 2.51. The number of carbonyl (C=O) groups excluding carboxylic acids is 1. The summed E-state index contributed by atoms with van der Waals surface area (Å²) in [5.74, 6) is 0. The summed E-state index contributed by atoms with van der Waals surface area (Å²) in [4.78, 5) is 19.6. The quantitative estimate of drug-likeness (QED) is 0.822. The zero-order valence-electron chi connectivity index (χ0n) is 11.0. The molecular weight excluding hydrogens is 311 g/mol. The summed E-state index contributed by atoms with van der Waals surface area (Å²) in [5, 5.41) is 2.16. The third-order valence-corrected chi connectivity index (χ3v) is 3.88. The molecule has 1 aliphatic heterocycles. The Bertz CT molecular complexity index is 664. The van der Waals surface area contributed by atoms with Crippen molar-refractivity contribution in [3.05, 3.63) is 58.6 Å². The van der Waals surface area contributed by atoms with Gasteiger partial charge in [0.1, 0.15) is 0 Å². The molecule has 0 aliphatic carbocycles. The van der Waals surface area contributed by atoms with Crippen molar-refractivity contribution in [1.29, 1.82) is 0 Å². The van der Waals surface area contributed by atoms with Gasteiger partial charge in [0.2, 0.25) is 0 Å². The maximum absolute atomic E-state index is 12.6. The van der Waals surface area contributed by atoms with Crippen LogP contribution in [0.2, 0.25) is 10.0 Å². The van der Waals surface area contributed by atoms with Crippen molar-refractivity contribution >= 4 is 40.6 Å². The number of rotatable bonds is 2. The van der Waals surface area contributed by atoms with Crippen LogP contribution in [0.25, 0.3) is 0 Å². The molecule has 1 fully saturated rings. The molecule has 2 aromatic carbocycles. The number of para-hydroxylation sites is 1. The SMILES string of the molecule is O=C1N(c2ccc(Cl)c(Cl)c2)CCON1c1ccccc1. The lowest BCUT2D eigenvalue weighted by atomic mass is 10.2. The number of benzene rings is 2. The first kappa shape index (κ1) is 14.2. The van der Waals surface area contributed by atoms with E-state index in [2.05, 4.69) is 0 Å². The van der Waals surface area contributed by atoms with Crippen LogP contribution in [0.1, 0.15) is 0 Å². The average molecular weight is 323 g/mol. The molecule has 2 aromatic rings. The molecule has 1 saturated heterocycles. The van der Waals surface area contributed by atoms with Crippen LogP contribution in [-0.4, -0.2) is 19.2 Å². The highest BCUT2D eigenvalue weighted by molar-refractivity contribution is 6.42. The Morgan fingerprint density at radius 1 is 0.952 bits per heavy atom. The molecule has 6 heteroatoms. The van der Waals surface area contributed by atoms with Gasteiger partial charge in [-0.3, -0.25) is 9.74 Å². The Labute approximate surface area is 132 Å². The topological polar surface area (TPSA) is 32.8 Å². The lowest BCUT2D eigenvalue weighted by molar-refractivity contribution is 0.108.